The molecule has 2 nitrogen and oxygen atoms in total. The van der Waals surface area contributed by atoms with Crippen molar-refractivity contribution >= 4 is 11.6 Å². The molecule has 0 unspecified atom stereocenters. The molecule has 0 aliphatic carbocycles. The van der Waals surface area contributed by atoms with E-state index in [1.54, 1.807) is 6.08 Å². The highest BCUT2D eigenvalue weighted by molar-refractivity contribution is 6.31. The lowest BCUT2D eigenvalue weighted by Gasteiger charge is -2.25. The highest BCUT2D eigenvalue weighted by atomic mass is 35.5. The van der Waals surface area contributed by atoms with E-state index in [0.29, 0.717) is 5.03 Å². The summed E-state index contributed by atoms with van der Waals surface area (Å²) in [5, 5.41) is 0.670. The van der Waals surface area contributed by atoms with Crippen LogP contribution in [-0.4, -0.2) is 43.5 Å². The molecule has 98 valence electrons. The molecular weight excluding hydrogens is 232 g/mol. The zero-order valence-corrected chi connectivity index (χ0v) is 12.3. The fraction of sp³-hybridized carbons (Fsp3) is 0.571. The summed E-state index contributed by atoms with van der Waals surface area (Å²) in [6, 6.07) is 0. The highest BCUT2D eigenvalue weighted by Crippen LogP contribution is 2.18. The Hall–Kier alpha value is -0.730. The molecule has 0 aromatic heterocycles. The molecule has 0 bridgehead atoms. The van der Waals surface area contributed by atoms with E-state index < -0.39 is 0 Å². The largest absolute Gasteiger partial charge is 0.374 e. The van der Waals surface area contributed by atoms with Gasteiger partial charge in [-0.2, -0.15) is 0 Å². The number of rotatable bonds is 8. The van der Waals surface area contributed by atoms with Crippen molar-refractivity contribution in [2.24, 2.45) is 0 Å². The van der Waals surface area contributed by atoms with Crippen molar-refractivity contribution < 1.29 is 0 Å². The second-order valence-corrected chi connectivity index (χ2v) is 4.76. The van der Waals surface area contributed by atoms with Gasteiger partial charge in [0.1, 0.15) is 0 Å². The molecule has 17 heavy (non-hydrogen) atoms. The average molecular weight is 257 g/mol. The van der Waals surface area contributed by atoms with E-state index in [2.05, 4.69) is 36.9 Å². The third-order valence-corrected chi connectivity index (χ3v) is 3.29. The van der Waals surface area contributed by atoms with E-state index in [1.807, 2.05) is 14.0 Å². The molecule has 0 radical (unpaired) electrons. The minimum absolute atomic E-state index is 0.670. The summed E-state index contributed by atoms with van der Waals surface area (Å²) in [6.07, 6.45) is 2.83. The van der Waals surface area contributed by atoms with Crippen LogP contribution in [0.15, 0.2) is 35.5 Å². The van der Waals surface area contributed by atoms with Gasteiger partial charge in [-0.05, 0) is 32.5 Å². The van der Waals surface area contributed by atoms with Crippen LogP contribution in [0.1, 0.15) is 20.3 Å². The first-order chi connectivity index (χ1) is 7.93. The summed E-state index contributed by atoms with van der Waals surface area (Å²) < 4.78 is 0. The van der Waals surface area contributed by atoms with E-state index in [4.69, 9.17) is 11.6 Å². The van der Waals surface area contributed by atoms with Gasteiger partial charge in [0, 0.05) is 30.9 Å². The number of hydrogen-bond donors (Lipinski definition) is 0. The Morgan fingerprint density at radius 1 is 1.24 bits per heavy atom. The molecular formula is C14H25ClN2. The van der Waals surface area contributed by atoms with Crippen LogP contribution in [0.2, 0.25) is 0 Å². The predicted octanol–water partition coefficient (Wildman–Crippen LogP) is 3.47. The van der Waals surface area contributed by atoms with Crippen molar-refractivity contribution in [2.75, 3.05) is 33.7 Å². The van der Waals surface area contributed by atoms with Crippen LogP contribution in [0.4, 0.5) is 0 Å². The smallest absolute Gasteiger partial charge is 0.0449 e. The Kier molecular flexibility index (Phi) is 8.01. The first-order valence-corrected chi connectivity index (χ1v) is 6.39. The summed E-state index contributed by atoms with van der Waals surface area (Å²) in [6.45, 7) is 15.0. The van der Waals surface area contributed by atoms with E-state index in [1.165, 1.54) is 6.42 Å². The Balaban J connectivity index is 4.28. The van der Waals surface area contributed by atoms with Gasteiger partial charge in [0.2, 0.25) is 0 Å². The van der Waals surface area contributed by atoms with Gasteiger partial charge in [-0.15, -0.1) is 0 Å². The maximum atomic E-state index is 6.03. The van der Waals surface area contributed by atoms with Gasteiger partial charge in [-0.3, -0.25) is 0 Å². The van der Waals surface area contributed by atoms with Crippen LogP contribution in [0.3, 0.4) is 0 Å². The number of allylic oxidation sites excluding steroid dienone is 3. The molecule has 0 aromatic carbocycles. The van der Waals surface area contributed by atoms with Crippen LogP contribution in [0, 0.1) is 0 Å². The Bertz CT molecular complexity index is 295. The molecule has 0 saturated carbocycles. The first-order valence-electron chi connectivity index (χ1n) is 6.01. The van der Waals surface area contributed by atoms with Crippen molar-refractivity contribution in [3.8, 4) is 0 Å². The summed E-state index contributed by atoms with van der Waals surface area (Å²) in [5.41, 5.74) is 1.95. The molecule has 0 heterocycles. The van der Waals surface area contributed by atoms with Gasteiger partial charge < -0.3 is 9.80 Å². The Morgan fingerprint density at radius 3 is 2.29 bits per heavy atom. The molecule has 0 aromatic rings. The second kappa shape index (κ2) is 8.37. The molecule has 0 N–H and O–H groups in total. The lowest BCUT2D eigenvalue weighted by Crippen LogP contribution is -2.31. The first kappa shape index (κ1) is 16.3. The highest BCUT2D eigenvalue weighted by Gasteiger charge is 2.07. The summed E-state index contributed by atoms with van der Waals surface area (Å²) in [4.78, 5) is 4.45. The lowest BCUT2D eigenvalue weighted by molar-refractivity contribution is 0.288. The summed E-state index contributed by atoms with van der Waals surface area (Å²) >= 11 is 6.03. The maximum absolute atomic E-state index is 6.03. The number of hydrogen-bond acceptors (Lipinski definition) is 2. The van der Waals surface area contributed by atoms with Crippen molar-refractivity contribution in [1.29, 1.82) is 0 Å². The SMILES string of the molecule is C=C/C(Cl)=C(/C)C(=C)N(C)CCN(C)CCC. The molecule has 0 fully saturated rings. The topological polar surface area (TPSA) is 6.48 Å². The standard InChI is InChI=1S/C14H25ClN2/c1-7-9-16(5)10-11-17(6)13(4)12(3)14(15)8-2/h8H,2,4,7,9-11H2,1,3,5-6H3/b14-12+. The van der Waals surface area contributed by atoms with Crippen LogP contribution >= 0.6 is 11.6 Å². The minimum Gasteiger partial charge on any atom is -0.374 e. The van der Waals surface area contributed by atoms with Crippen molar-refractivity contribution in [3.05, 3.63) is 35.5 Å². The monoisotopic (exact) mass is 256 g/mol. The molecule has 0 spiro atoms. The number of halogens is 1. The van der Waals surface area contributed by atoms with Gasteiger partial charge in [0.25, 0.3) is 0 Å². The van der Waals surface area contributed by atoms with Crippen LogP contribution in [-0.2, 0) is 0 Å². The van der Waals surface area contributed by atoms with Gasteiger partial charge in [0.05, 0.1) is 0 Å². The quantitative estimate of drug-likeness (QED) is 0.614. The maximum Gasteiger partial charge on any atom is 0.0449 e. The molecule has 0 rings (SSSR count). The van der Waals surface area contributed by atoms with Gasteiger partial charge in [-0.25, -0.2) is 0 Å². The summed E-state index contributed by atoms with van der Waals surface area (Å²) in [7, 11) is 4.18. The molecule has 0 saturated heterocycles. The summed E-state index contributed by atoms with van der Waals surface area (Å²) in [5.74, 6) is 0. The Morgan fingerprint density at radius 2 is 1.82 bits per heavy atom. The van der Waals surface area contributed by atoms with Crippen LogP contribution in [0.25, 0.3) is 0 Å². The van der Waals surface area contributed by atoms with Gasteiger partial charge in [0.15, 0.2) is 0 Å². The third kappa shape index (κ3) is 5.94. The zero-order valence-electron chi connectivity index (χ0n) is 11.6. The predicted molar refractivity (Wildman–Crippen MR) is 78.3 cm³/mol. The van der Waals surface area contributed by atoms with E-state index in [9.17, 15) is 0 Å². The second-order valence-electron chi connectivity index (χ2n) is 4.35. The third-order valence-electron chi connectivity index (χ3n) is 2.85. The Labute approximate surface area is 111 Å². The van der Waals surface area contributed by atoms with E-state index in [0.717, 1.165) is 30.9 Å². The molecule has 0 aliphatic heterocycles. The minimum atomic E-state index is 0.670. The molecule has 0 amide bonds. The van der Waals surface area contributed by atoms with Gasteiger partial charge in [-0.1, -0.05) is 37.8 Å². The molecule has 0 aliphatic rings. The normalized spacial score (nSPS) is 12.4. The fourth-order valence-electron chi connectivity index (χ4n) is 1.53. The van der Waals surface area contributed by atoms with E-state index in [-0.39, 0.29) is 0 Å². The van der Waals surface area contributed by atoms with Crippen molar-refractivity contribution in [1.82, 2.24) is 9.80 Å². The average Bonchev–Trinajstić information content (AvgIpc) is 2.33. The van der Waals surface area contributed by atoms with Gasteiger partial charge >= 0.3 is 0 Å². The molecule has 0 atom stereocenters. The molecule has 3 heteroatoms. The fourth-order valence-corrected chi connectivity index (χ4v) is 1.64. The number of likely N-dealkylation sites (N-methyl/N-ethyl adjacent to an activating group) is 2. The lowest BCUT2D eigenvalue weighted by atomic mass is 10.2. The zero-order chi connectivity index (χ0) is 13.4. The van der Waals surface area contributed by atoms with Crippen LogP contribution in [0.5, 0.6) is 0 Å². The van der Waals surface area contributed by atoms with E-state index >= 15 is 0 Å². The van der Waals surface area contributed by atoms with Crippen molar-refractivity contribution in [3.63, 3.8) is 0 Å². The number of nitrogens with zero attached hydrogens (tertiary/aromatic N) is 2. The van der Waals surface area contributed by atoms with Crippen LogP contribution < -0.4 is 0 Å². The van der Waals surface area contributed by atoms with Crippen molar-refractivity contribution in [2.45, 2.75) is 20.3 Å².